The maximum absolute atomic E-state index is 13.1. The second-order valence-electron chi connectivity index (χ2n) is 8.55. The van der Waals surface area contributed by atoms with E-state index in [9.17, 15) is 24.7 Å². The van der Waals surface area contributed by atoms with E-state index in [1.54, 1.807) is 24.2 Å². The van der Waals surface area contributed by atoms with Crippen molar-refractivity contribution in [3.8, 4) is 0 Å². The van der Waals surface area contributed by atoms with Crippen molar-refractivity contribution in [2.75, 3.05) is 43.9 Å². The Morgan fingerprint density at radius 2 is 2.15 bits per heavy atom. The maximum atomic E-state index is 13.1. The van der Waals surface area contributed by atoms with Gasteiger partial charge in [0.25, 0.3) is 11.8 Å². The number of nitrogen functional groups attached to an aromatic ring is 1. The number of carboxylic acids is 1. The molecule has 2 atom stereocenters. The Hall–Kier alpha value is -2.54. The molecule has 0 unspecified atom stereocenters. The van der Waals surface area contributed by atoms with Crippen molar-refractivity contribution in [1.82, 2.24) is 30.8 Å². The number of hydrogen-bond donors (Lipinski definition) is 6. The van der Waals surface area contributed by atoms with Gasteiger partial charge in [0.05, 0.1) is 0 Å². The van der Waals surface area contributed by atoms with Gasteiger partial charge in [-0.3, -0.25) is 19.5 Å². The van der Waals surface area contributed by atoms with Crippen LogP contribution in [-0.2, 0) is 20.1 Å². The van der Waals surface area contributed by atoms with Crippen molar-refractivity contribution in [1.29, 1.82) is 0 Å². The number of anilines is 1. The number of oxime groups is 1. The number of halogens is 1. The molecule has 2 aromatic rings. The number of carbonyl (C=O) groups excluding carboxylic acids is 2. The van der Waals surface area contributed by atoms with E-state index in [0.717, 1.165) is 47.2 Å². The number of thiazole rings is 1. The fraction of sp³-hybridized carbons (Fsp3) is 0.391. The van der Waals surface area contributed by atoms with E-state index in [2.05, 4.69) is 31.1 Å². The predicted octanol–water partition coefficient (Wildman–Crippen LogP) is 1.48. The molecule has 18 heteroatoms. The normalized spacial score (nSPS) is 18.7. The van der Waals surface area contributed by atoms with Crippen LogP contribution in [0.2, 0.25) is 4.34 Å². The minimum absolute atomic E-state index is 0.0480. The minimum Gasteiger partial charge on any atom is -0.477 e. The van der Waals surface area contributed by atoms with Gasteiger partial charge in [-0.1, -0.05) is 39.9 Å². The summed E-state index contributed by atoms with van der Waals surface area (Å²) >= 11 is 11.3. The zero-order valence-corrected chi connectivity index (χ0v) is 25.6. The number of amides is 2. The van der Waals surface area contributed by atoms with Crippen LogP contribution in [0.4, 0.5) is 5.13 Å². The number of thioether (sulfide) groups is 3. The van der Waals surface area contributed by atoms with Gasteiger partial charge in [0, 0.05) is 59.1 Å². The summed E-state index contributed by atoms with van der Waals surface area (Å²) < 4.78 is 0.0480. The first-order valence-corrected chi connectivity index (χ1v) is 16.4. The molecule has 4 heterocycles. The van der Waals surface area contributed by atoms with E-state index in [-0.39, 0.29) is 20.9 Å². The molecule has 1 fully saturated rings. The number of nitrogens with two attached hydrogens (primary N) is 1. The van der Waals surface area contributed by atoms with Gasteiger partial charge in [-0.2, -0.15) is 11.8 Å². The average molecular weight is 659 g/mol. The van der Waals surface area contributed by atoms with Gasteiger partial charge >= 0.3 is 5.97 Å². The molecule has 2 amide bonds. The largest absolute Gasteiger partial charge is 0.477 e. The van der Waals surface area contributed by atoms with Crippen LogP contribution in [-0.4, -0.2) is 98.3 Å². The first-order valence-electron chi connectivity index (χ1n) is 12.2. The summed E-state index contributed by atoms with van der Waals surface area (Å²) in [6.45, 7) is 2.66. The number of hydrogen-bond acceptors (Lipinski definition) is 14. The highest BCUT2D eigenvalue weighted by Gasteiger charge is 2.54. The molecule has 4 rings (SSSR count). The molecule has 0 bridgehead atoms. The predicted molar refractivity (Wildman–Crippen MR) is 163 cm³/mol. The maximum Gasteiger partial charge on any atom is 0.353 e. The number of rotatable bonds is 14. The lowest BCUT2D eigenvalue weighted by Crippen LogP contribution is -2.71. The highest BCUT2D eigenvalue weighted by atomic mass is 35.5. The van der Waals surface area contributed by atoms with Crippen molar-refractivity contribution in [3.05, 3.63) is 44.7 Å². The first-order chi connectivity index (χ1) is 19.8. The van der Waals surface area contributed by atoms with Gasteiger partial charge in [-0.05, 0) is 18.7 Å². The van der Waals surface area contributed by atoms with E-state index in [4.69, 9.17) is 17.3 Å². The van der Waals surface area contributed by atoms with Gasteiger partial charge in [-0.25, -0.2) is 9.78 Å². The fourth-order valence-electron chi connectivity index (χ4n) is 3.96. The van der Waals surface area contributed by atoms with Crippen LogP contribution >= 0.6 is 58.2 Å². The molecule has 2 aliphatic rings. The van der Waals surface area contributed by atoms with Crippen LogP contribution < -0.4 is 21.7 Å². The van der Waals surface area contributed by atoms with Crippen molar-refractivity contribution >= 4 is 86.9 Å². The number of nitrogens with one attached hydrogen (secondary N) is 3. The first kappa shape index (κ1) is 31.4. The van der Waals surface area contributed by atoms with Gasteiger partial charge in [-0.15, -0.1) is 11.8 Å². The standard InChI is InChI=1S/C23H27ClN8O5S4/c1-26-4-5-27-6-7-38-9-11-8-28-3-2-12(11)40-13-10-39-21-16(20(34)32(21)17(13)22(35)36)29-19(33)15(31-37)14-18(24)41-23(25)30-14/h2-3,8,16,21,26-27,37H,4-7,9-10H2,1H3,(H2,25,30)(H,29,33)(H,35,36)/b31-15-/t16-,21-/m1/s1. The average Bonchev–Trinajstić information content (AvgIpc) is 3.29. The topological polar surface area (TPSA) is 195 Å². The van der Waals surface area contributed by atoms with Crippen LogP contribution in [0.25, 0.3) is 0 Å². The molecule has 0 saturated carbocycles. The zero-order valence-electron chi connectivity index (χ0n) is 21.6. The van der Waals surface area contributed by atoms with Crippen LogP contribution in [0.3, 0.4) is 0 Å². The van der Waals surface area contributed by atoms with Crippen molar-refractivity contribution in [3.63, 3.8) is 0 Å². The summed E-state index contributed by atoms with van der Waals surface area (Å²) in [5.74, 6) is -0.805. The number of pyridine rings is 1. The smallest absolute Gasteiger partial charge is 0.353 e. The number of carbonyl (C=O) groups is 3. The lowest BCUT2D eigenvalue weighted by molar-refractivity contribution is -0.150. The molecule has 7 N–H and O–H groups in total. The Kier molecular flexibility index (Phi) is 11.2. The molecule has 0 aliphatic carbocycles. The van der Waals surface area contributed by atoms with Crippen LogP contribution in [0.1, 0.15) is 11.3 Å². The Morgan fingerprint density at radius 3 is 2.83 bits per heavy atom. The molecule has 0 aromatic carbocycles. The summed E-state index contributed by atoms with van der Waals surface area (Å²) in [4.78, 5) is 49.0. The second-order valence-corrected chi connectivity index (χ2v) is 13.5. The minimum atomic E-state index is -1.24. The monoisotopic (exact) mass is 658 g/mol. The molecule has 220 valence electrons. The SMILES string of the molecule is CNCCNCCSCc1cnccc1SC1=C(C(=O)O)N2C(=O)[C@@H](NC(=O)/C(=N\O)c3nc(N)sc3Cl)[C@H]2SC1. The quantitative estimate of drug-likeness (QED) is 0.0562. The van der Waals surface area contributed by atoms with Gasteiger partial charge in [0.2, 0.25) is 0 Å². The molecule has 1 saturated heterocycles. The summed E-state index contributed by atoms with van der Waals surface area (Å²) in [5, 5.41) is 30.8. The Morgan fingerprint density at radius 1 is 1.34 bits per heavy atom. The van der Waals surface area contributed by atoms with E-state index in [1.807, 2.05) is 13.1 Å². The molecule has 2 aliphatic heterocycles. The van der Waals surface area contributed by atoms with Crippen molar-refractivity contribution < 1.29 is 24.7 Å². The third kappa shape index (κ3) is 7.28. The number of aromatic nitrogens is 2. The van der Waals surface area contributed by atoms with Crippen LogP contribution in [0, 0.1) is 0 Å². The lowest BCUT2D eigenvalue weighted by Gasteiger charge is -2.49. The summed E-state index contributed by atoms with van der Waals surface area (Å²) in [6, 6.07) is 0.802. The molecular weight excluding hydrogens is 632 g/mol. The Balaban J connectivity index is 1.43. The number of fused-ring (bicyclic) bond motifs is 1. The Labute approximate surface area is 257 Å². The number of likely N-dealkylation sites (N-methyl/N-ethyl adjacent to an activating group) is 1. The zero-order chi connectivity index (χ0) is 29.5. The number of carboxylic acid groups (broad SMARTS) is 1. The summed E-state index contributed by atoms with van der Waals surface area (Å²) in [5.41, 5.74) is 5.84. The second kappa shape index (κ2) is 14.6. The van der Waals surface area contributed by atoms with Crippen molar-refractivity contribution in [2.45, 2.75) is 22.1 Å². The van der Waals surface area contributed by atoms with E-state index in [0.29, 0.717) is 16.4 Å². The van der Waals surface area contributed by atoms with Gasteiger partial charge in [0.15, 0.2) is 10.8 Å². The Bertz CT molecular complexity index is 1370. The van der Waals surface area contributed by atoms with E-state index in [1.165, 1.54) is 28.4 Å². The van der Waals surface area contributed by atoms with Gasteiger partial charge in [0.1, 0.15) is 27.1 Å². The third-order valence-electron chi connectivity index (χ3n) is 5.89. The summed E-state index contributed by atoms with van der Waals surface area (Å²) in [6.07, 6.45) is 3.42. The highest BCUT2D eigenvalue weighted by Crippen LogP contribution is 2.46. The molecule has 2 aromatic heterocycles. The lowest BCUT2D eigenvalue weighted by atomic mass is 10.0. The van der Waals surface area contributed by atoms with Crippen LogP contribution in [0.5, 0.6) is 0 Å². The van der Waals surface area contributed by atoms with Gasteiger partial charge < -0.3 is 32.0 Å². The molecule has 13 nitrogen and oxygen atoms in total. The molecular formula is C23H27ClN8O5S4. The molecule has 0 spiro atoms. The van der Waals surface area contributed by atoms with E-state index >= 15 is 0 Å². The molecule has 41 heavy (non-hydrogen) atoms. The van der Waals surface area contributed by atoms with Crippen LogP contribution in [0.15, 0.2) is 39.1 Å². The van der Waals surface area contributed by atoms with Crippen molar-refractivity contribution in [2.24, 2.45) is 5.16 Å². The summed E-state index contributed by atoms with van der Waals surface area (Å²) in [7, 11) is 1.91. The highest BCUT2D eigenvalue weighted by molar-refractivity contribution is 8.06. The number of nitrogens with zero attached hydrogens (tertiary/aromatic N) is 4. The third-order valence-corrected chi connectivity index (χ3v) is 10.6. The van der Waals surface area contributed by atoms with E-state index < -0.39 is 34.9 Å². The fourth-order valence-corrected chi connectivity index (χ4v) is 8.43. The number of β-lactam (4-membered cyclic amide) rings is 1. The molecule has 0 radical (unpaired) electrons. The number of aliphatic carboxylic acids is 1.